The molecular weight excluding hydrogens is 238 g/mol. The Morgan fingerprint density at radius 2 is 1.67 bits per heavy atom. The SMILES string of the molecule is CCCNC1CCCCCC1SCC1CCCC1. The minimum Gasteiger partial charge on any atom is -0.313 e. The zero-order chi connectivity index (χ0) is 12.6. The maximum absolute atomic E-state index is 3.82. The lowest BCUT2D eigenvalue weighted by atomic mass is 10.1. The molecule has 0 aromatic heterocycles. The van der Waals surface area contributed by atoms with Crippen molar-refractivity contribution < 1.29 is 0 Å². The molecule has 0 bridgehead atoms. The largest absolute Gasteiger partial charge is 0.313 e. The maximum atomic E-state index is 3.82. The van der Waals surface area contributed by atoms with E-state index >= 15 is 0 Å². The van der Waals surface area contributed by atoms with Gasteiger partial charge in [-0.1, -0.05) is 39.0 Å². The van der Waals surface area contributed by atoms with Crippen molar-refractivity contribution in [3.05, 3.63) is 0 Å². The summed E-state index contributed by atoms with van der Waals surface area (Å²) in [5.74, 6) is 2.49. The summed E-state index contributed by atoms with van der Waals surface area (Å²) in [4.78, 5) is 0. The van der Waals surface area contributed by atoms with Crippen LogP contribution in [-0.2, 0) is 0 Å². The van der Waals surface area contributed by atoms with Crippen LogP contribution in [0.2, 0.25) is 0 Å². The van der Waals surface area contributed by atoms with Gasteiger partial charge in [-0.05, 0) is 50.3 Å². The van der Waals surface area contributed by atoms with Gasteiger partial charge in [0.05, 0.1) is 0 Å². The molecule has 2 unspecified atom stereocenters. The van der Waals surface area contributed by atoms with Gasteiger partial charge in [0.25, 0.3) is 0 Å². The minimum absolute atomic E-state index is 0.804. The zero-order valence-electron chi connectivity index (χ0n) is 12.1. The Hall–Kier alpha value is 0.310. The average Bonchev–Trinajstić information content (AvgIpc) is 2.80. The molecule has 2 rings (SSSR count). The molecule has 2 aliphatic rings. The van der Waals surface area contributed by atoms with Gasteiger partial charge in [0.2, 0.25) is 0 Å². The van der Waals surface area contributed by atoms with Crippen molar-refractivity contribution in [3.63, 3.8) is 0 Å². The van der Waals surface area contributed by atoms with Crippen molar-refractivity contribution in [1.29, 1.82) is 0 Å². The summed E-state index contributed by atoms with van der Waals surface area (Å²) in [5, 5.41) is 4.72. The third-order valence-corrected chi connectivity index (χ3v) is 6.29. The van der Waals surface area contributed by atoms with E-state index in [1.165, 1.54) is 76.5 Å². The first-order valence-electron chi connectivity index (χ1n) is 8.25. The summed E-state index contributed by atoms with van der Waals surface area (Å²) >= 11 is 2.30. The first kappa shape index (κ1) is 14.7. The average molecular weight is 269 g/mol. The Kier molecular flexibility index (Phi) is 6.93. The van der Waals surface area contributed by atoms with Crippen LogP contribution in [0, 0.1) is 5.92 Å². The van der Waals surface area contributed by atoms with Crippen molar-refractivity contribution in [3.8, 4) is 0 Å². The Morgan fingerprint density at radius 1 is 0.944 bits per heavy atom. The lowest BCUT2D eigenvalue weighted by Crippen LogP contribution is -2.38. The number of hydrogen-bond acceptors (Lipinski definition) is 2. The monoisotopic (exact) mass is 269 g/mol. The van der Waals surface area contributed by atoms with Crippen molar-refractivity contribution in [2.24, 2.45) is 5.92 Å². The van der Waals surface area contributed by atoms with Crippen LogP contribution in [0.3, 0.4) is 0 Å². The van der Waals surface area contributed by atoms with Crippen LogP contribution >= 0.6 is 11.8 Å². The molecule has 0 spiro atoms. The van der Waals surface area contributed by atoms with E-state index in [4.69, 9.17) is 0 Å². The summed E-state index contributed by atoms with van der Waals surface area (Å²) in [6, 6.07) is 0.804. The summed E-state index contributed by atoms with van der Waals surface area (Å²) < 4.78 is 0. The highest BCUT2D eigenvalue weighted by molar-refractivity contribution is 7.99. The van der Waals surface area contributed by atoms with Gasteiger partial charge in [-0.15, -0.1) is 0 Å². The lowest BCUT2D eigenvalue weighted by Gasteiger charge is -2.27. The quantitative estimate of drug-likeness (QED) is 0.707. The first-order chi connectivity index (χ1) is 8.90. The van der Waals surface area contributed by atoms with E-state index < -0.39 is 0 Å². The Labute approximate surface area is 118 Å². The van der Waals surface area contributed by atoms with E-state index in [-0.39, 0.29) is 0 Å². The molecule has 2 aliphatic carbocycles. The first-order valence-corrected chi connectivity index (χ1v) is 9.30. The van der Waals surface area contributed by atoms with Crippen molar-refractivity contribution >= 4 is 11.8 Å². The van der Waals surface area contributed by atoms with Crippen LogP contribution in [0.4, 0.5) is 0 Å². The van der Waals surface area contributed by atoms with Gasteiger partial charge in [-0.25, -0.2) is 0 Å². The molecule has 2 heteroatoms. The predicted molar refractivity (Wildman–Crippen MR) is 83.4 cm³/mol. The molecule has 1 nitrogen and oxygen atoms in total. The number of thioether (sulfide) groups is 1. The fourth-order valence-electron chi connectivity index (χ4n) is 3.47. The van der Waals surface area contributed by atoms with Crippen LogP contribution in [0.15, 0.2) is 0 Å². The molecule has 1 N–H and O–H groups in total. The van der Waals surface area contributed by atoms with E-state index in [2.05, 4.69) is 24.0 Å². The van der Waals surface area contributed by atoms with E-state index in [0.29, 0.717) is 0 Å². The Morgan fingerprint density at radius 3 is 2.44 bits per heavy atom. The highest BCUT2D eigenvalue weighted by Gasteiger charge is 2.25. The standard InChI is InChI=1S/C16H31NS/c1-2-12-17-15-10-4-3-5-11-16(15)18-13-14-8-6-7-9-14/h14-17H,2-13H2,1H3. The highest BCUT2D eigenvalue weighted by atomic mass is 32.2. The fourth-order valence-corrected chi connectivity index (χ4v) is 5.12. The van der Waals surface area contributed by atoms with Crippen molar-refractivity contribution in [1.82, 2.24) is 5.32 Å². The van der Waals surface area contributed by atoms with E-state index in [9.17, 15) is 0 Å². The van der Waals surface area contributed by atoms with E-state index in [0.717, 1.165) is 17.2 Å². The highest BCUT2D eigenvalue weighted by Crippen LogP contribution is 2.33. The number of rotatable bonds is 6. The summed E-state index contributed by atoms with van der Waals surface area (Å²) in [6.07, 6.45) is 14.5. The topological polar surface area (TPSA) is 12.0 Å². The van der Waals surface area contributed by atoms with Crippen LogP contribution in [0.5, 0.6) is 0 Å². The van der Waals surface area contributed by atoms with Crippen LogP contribution in [0.25, 0.3) is 0 Å². The molecule has 18 heavy (non-hydrogen) atoms. The predicted octanol–water partition coefficient (Wildman–Crippen LogP) is 4.61. The molecule has 0 aromatic rings. The van der Waals surface area contributed by atoms with Gasteiger partial charge in [-0.2, -0.15) is 11.8 Å². The van der Waals surface area contributed by atoms with E-state index in [1.54, 1.807) is 0 Å². The van der Waals surface area contributed by atoms with Gasteiger partial charge in [-0.3, -0.25) is 0 Å². The third-order valence-electron chi connectivity index (χ3n) is 4.63. The second-order valence-corrected chi connectivity index (χ2v) is 7.49. The molecule has 0 aromatic carbocycles. The molecule has 0 amide bonds. The van der Waals surface area contributed by atoms with Crippen molar-refractivity contribution in [2.45, 2.75) is 82.4 Å². The molecule has 2 atom stereocenters. The molecule has 2 fully saturated rings. The molecule has 106 valence electrons. The molecule has 0 heterocycles. The van der Waals surface area contributed by atoms with Crippen LogP contribution in [-0.4, -0.2) is 23.6 Å². The molecule has 0 radical (unpaired) electrons. The van der Waals surface area contributed by atoms with Crippen LogP contribution < -0.4 is 5.32 Å². The maximum Gasteiger partial charge on any atom is 0.0201 e. The lowest BCUT2D eigenvalue weighted by molar-refractivity contribution is 0.469. The smallest absolute Gasteiger partial charge is 0.0201 e. The van der Waals surface area contributed by atoms with Gasteiger partial charge in [0, 0.05) is 11.3 Å². The normalized spacial score (nSPS) is 30.5. The molecule has 0 saturated heterocycles. The Balaban J connectivity index is 1.76. The Bertz CT molecular complexity index is 213. The molecular formula is C16H31NS. The van der Waals surface area contributed by atoms with Gasteiger partial charge in [0.1, 0.15) is 0 Å². The zero-order valence-corrected chi connectivity index (χ0v) is 12.9. The van der Waals surface area contributed by atoms with Gasteiger partial charge in [0.15, 0.2) is 0 Å². The second kappa shape index (κ2) is 8.47. The van der Waals surface area contributed by atoms with Gasteiger partial charge >= 0.3 is 0 Å². The molecule has 0 aliphatic heterocycles. The summed E-state index contributed by atoms with van der Waals surface area (Å²) in [5.41, 5.74) is 0. The fraction of sp³-hybridized carbons (Fsp3) is 1.00. The number of hydrogen-bond donors (Lipinski definition) is 1. The van der Waals surface area contributed by atoms with E-state index in [1.807, 2.05) is 0 Å². The van der Waals surface area contributed by atoms with Gasteiger partial charge < -0.3 is 5.32 Å². The number of nitrogens with one attached hydrogen (secondary N) is 1. The molecule has 2 saturated carbocycles. The third kappa shape index (κ3) is 4.77. The summed E-state index contributed by atoms with van der Waals surface area (Å²) in [6.45, 7) is 3.50. The van der Waals surface area contributed by atoms with Crippen LogP contribution in [0.1, 0.15) is 71.1 Å². The van der Waals surface area contributed by atoms with Crippen molar-refractivity contribution in [2.75, 3.05) is 12.3 Å². The second-order valence-electron chi connectivity index (χ2n) is 6.22. The summed E-state index contributed by atoms with van der Waals surface area (Å²) in [7, 11) is 0. The minimum atomic E-state index is 0.804.